The first-order valence-corrected chi connectivity index (χ1v) is 9.54. The van der Waals surface area contributed by atoms with Crippen molar-refractivity contribution in [2.75, 3.05) is 20.6 Å². The van der Waals surface area contributed by atoms with Gasteiger partial charge in [-0.2, -0.15) is 0 Å². The van der Waals surface area contributed by atoms with E-state index in [1.807, 2.05) is 54.9 Å². The average molecular weight is 375 g/mol. The highest BCUT2D eigenvalue weighted by atomic mass is 16.2. The topological polar surface area (TPSA) is 54.3 Å². The van der Waals surface area contributed by atoms with Gasteiger partial charge in [0, 0.05) is 26.0 Å². The van der Waals surface area contributed by atoms with Crippen LogP contribution in [0.25, 0.3) is 33.1 Å². The first-order chi connectivity index (χ1) is 13.4. The lowest BCUT2D eigenvalue weighted by atomic mass is 10.1. The van der Waals surface area contributed by atoms with Gasteiger partial charge in [0.2, 0.25) is 0 Å². The fourth-order valence-electron chi connectivity index (χ4n) is 3.75. The summed E-state index contributed by atoms with van der Waals surface area (Å²) < 4.78 is 1.99. The zero-order chi connectivity index (χ0) is 20.0. The molecule has 4 rings (SSSR count). The molecule has 2 aromatic carbocycles. The van der Waals surface area contributed by atoms with E-state index in [0.29, 0.717) is 6.54 Å². The quantitative estimate of drug-likeness (QED) is 0.511. The maximum Gasteiger partial charge on any atom is 0.256 e. The minimum Gasteiger partial charge on any atom is -0.314 e. The minimum atomic E-state index is 0.0251. The van der Waals surface area contributed by atoms with E-state index in [-0.39, 0.29) is 12.5 Å². The third-order valence-corrected chi connectivity index (χ3v) is 5.33. The van der Waals surface area contributed by atoms with Crippen molar-refractivity contribution in [2.24, 2.45) is 0 Å². The van der Waals surface area contributed by atoms with E-state index in [1.54, 1.807) is 5.01 Å². The average Bonchev–Trinajstić information content (AvgIpc) is 2.95. The molecular weight excluding hydrogens is 350 g/mol. The summed E-state index contributed by atoms with van der Waals surface area (Å²) in [5, 5.41) is 4.57. The van der Waals surface area contributed by atoms with Gasteiger partial charge in [-0.25, -0.2) is 15.0 Å². The molecule has 6 nitrogen and oxygen atoms in total. The van der Waals surface area contributed by atoms with Crippen LogP contribution in [0.1, 0.15) is 18.1 Å². The molecule has 0 N–H and O–H groups in total. The van der Waals surface area contributed by atoms with Crippen LogP contribution in [0.3, 0.4) is 0 Å². The van der Waals surface area contributed by atoms with E-state index in [4.69, 9.17) is 9.97 Å². The van der Waals surface area contributed by atoms with Crippen LogP contribution in [0, 0.1) is 13.8 Å². The number of rotatable bonds is 4. The Kier molecular flexibility index (Phi) is 4.51. The molecule has 0 aliphatic heterocycles. The van der Waals surface area contributed by atoms with Gasteiger partial charge in [-0.3, -0.25) is 9.80 Å². The Bertz CT molecular complexity index is 1210. The number of hydrogen-bond acceptors (Lipinski definition) is 4. The Labute approximate surface area is 164 Å². The standard InChI is InChI=1S/C22H25N5O/c1-6-27(25(4)5)20(28)13-26-19-10-8-7-9-16(19)21-22(26)24-18-12-15(3)14(2)11-17(18)23-21/h7-12H,6,13H2,1-5H3. The predicted molar refractivity (Wildman–Crippen MR) is 113 cm³/mol. The molecule has 28 heavy (non-hydrogen) atoms. The van der Waals surface area contributed by atoms with Gasteiger partial charge < -0.3 is 4.57 Å². The van der Waals surface area contributed by atoms with Gasteiger partial charge in [-0.15, -0.1) is 0 Å². The molecule has 144 valence electrons. The van der Waals surface area contributed by atoms with Crippen molar-refractivity contribution in [3.63, 3.8) is 0 Å². The van der Waals surface area contributed by atoms with Crippen molar-refractivity contribution >= 4 is 39.0 Å². The van der Waals surface area contributed by atoms with Crippen molar-refractivity contribution in [3.05, 3.63) is 47.5 Å². The summed E-state index contributed by atoms with van der Waals surface area (Å²) in [6.07, 6.45) is 0. The Balaban J connectivity index is 1.96. The molecule has 0 bridgehead atoms. The van der Waals surface area contributed by atoms with E-state index in [1.165, 1.54) is 11.1 Å². The number of aryl methyl sites for hydroxylation is 2. The van der Waals surface area contributed by atoms with E-state index >= 15 is 0 Å². The SMILES string of the molecule is CCN(C(=O)Cn1c2ccccc2c2nc3cc(C)c(C)cc3nc21)N(C)C. The second-order valence-electron chi connectivity index (χ2n) is 7.38. The van der Waals surface area contributed by atoms with E-state index in [0.717, 1.165) is 33.1 Å². The number of likely N-dealkylation sites (N-methyl/N-ethyl adjacent to an activating group) is 1. The maximum atomic E-state index is 12.9. The molecule has 0 aliphatic carbocycles. The summed E-state index contributed by atoms with van der Waals surface area (Å²) >= 11 is 0. The first kappa shape index (κ1) is 18.4. The highest BCUT2D eigenvalue weighted by Crippen LogP contribution is 2.29. The summed E-state index contributed by atoms with van der Waals surface area (Å²) in [6.45, 7) is 6.98. The molecule has 0 aliphatic rings. The van der Waals surface area contributed by atoms with E-state index in [9.17, 15) is 4.79 Å². The Morgan fingerprint density at radius 3 is 2.32 bits per heavy atom. The van der Waals surface area contributed by atoms with Gasteiger partial charge in [0.25, 0.3) is 5.91 Å². The Hall–Kier alpha value is -2.99. The highest BCUT2D eigenvalue weighted by molar-refractivity contribution is 6.07. The number of benzene rings is 2. The molecule has 0 fully saturated rings. The van der Waals surface area contributed by atoms with Gasteiger partial charge in [-0.1, -0.05) is 18.2 Å². The Morgan fingerprint density at radius 2 is 1.68 bits per heavy atom. The van der Waals surface area contributed by atoms with Crippen LogP contribution in [-0.2, 0) is 11.3 Å². The molecule has 1 amide bonds. The molecule has 2 heterocycles. The maximum absolute atomic E-state index is 12.9. The first-order valence-electron chi connectivity index (χ1n) is 9.54. The van der Waals surface area contributed by atoms with Gasteiger partial charge in [-0.05, 0) is 50.1 Å². The second kappa shape index (κ2) is 6.87. The molecule has 0 atom stereocenters. The molecule has 0 spiro atoms. The molecule has 0 saturated carbocycles. The Morgan fingerprint density at radius 1 is 1.04 bits per heavy atom. The lowest BCUT2D eigenvalue weighted by molar-refractivity contribution is -0.144. The van der Waals surface area contributed by atoms with Crippen molar-refractivity contribution in [2.45, 2.75) is 27.3 Å². The van der Waals surface area contributed by atoms with Crippen molar-refractivity contribution < 1.29 is 4.79 Å². The van der Waals surface area contributed by atoms with Crippen LogP contribution in [-0.4, -0.2) is 51.1 Å². The number of hydrogen-bond donors (Lipinski definition) is 0. The van der Waals surface area contributed by atoms with Gasteiger partial charge in [0.1, 0.15) is 12.1 Å². The molecule has 0 unspecified atom stereocenters. The fourth-order valence-corrected chi connectivity index (χ4v) is 3.75. The summed E-state index contributed by atoms with van der Waals surface area (Å²) in [5.74, 6) is 0.0251. The van der Waals surface area contributed by atoms with Crippen LogP contribution in [0.4, 0.5) is 0 Å². The zero-order valence-corrected chi connectivity index (χ0v) is 17.0. The molecule has 4 aromatic rings. The largest absolute Gasteiger partial charge is 0.314 e. The van der Waals surface area contributed by atoms with Gasteiger partial charge >= 0.3 is 0 Å². The number of carbonyl (C=O) groups is 1. The lowest BCUT2D eigenvalue weighted by Crippen LogP contribution is -2.43. The number of carbonyl (C=O) groups excluding carboxylic acids is 1. The number of hydrazine groups is 1. The summed E-state index contributed by atoms with van der Waals surface area (Å²) in [7, 11) is 3.76. The minimum absolute atomic E-state index is 0.0251. The van der Waals surface area contributed by atoms with Gasteiger partial charge in [0.05, 0.1) is 16.6 Å². The zero-order valence-electron chi connectivity index (χ0n) is 17.0. The van der Waals surface area contributed by atoms with Crippen LogP contribution in [0.2, 0.25) is 0 Å². The molecule has 0 radical (unpaired) electrons. The second-order valence-corrected chi connectivity index (χ2v) is 7.38. The predicted octanol–water partition coefficient (Wildman–Crippen LogP) is 3.68. The van der Waals surface area contributed by atoms with Gasteiger partial charge in [0.15, 0.2) is 5.65 Å². The third kappa shape index (κ3) is 2.90. The fraction of sp³-hybridized carbons (Fsp3) is 0.318. The molecular formula is C22H25N5O. The number of nitrogens with zero attached hydrogens (tertiary/aromatic N) is 5. The number of para-hydroxylation sites is 1. The summed E-state index contributed by atoms with van der Waals surface area (Å²) in [5.41, 5.74) is 6.69. The van der Waals surface area contributed by atoms with Crippen LogP contribution in [0.15, 0.2) is 36.4 Å². The monoisotopic (exact) mass is 375 g/mol. The molecule has 0 saturated heterocycles. The third-order valence-electron chi connectivity index (χ3n) is 5.33. The van der Waals surface area contributed by atoms with E-state index < -0.39 is 0 Å². The van der Waals surface area contributed by atoms with Crippen molar-refractivity contribution in [1.29, 1.82) is 0 Å². The van der Waals surface area contributed by atoms with Crippen molar-refractivity contribution in [3.8, 4) is 0 Å². The molecule has 2 aromatic heterocycles. The molecule has 6 heteroatoms. The van der Waals surface area contributed by atoms with Crippen molar-refractivity contribution in [1.82, 2.24) is 24.6 Å². The highest BCUT2D eigenvalue weighted by Gasteiger charge is 2.20. The summed E-state index contributed by atoms with van der Waals surface area (Å²) in [4.78, 5) is 22.8. The summed E-state index contributed by atoms with van der Waals surface area (Å²) in [6, 6.07) is 12.2. The lowest BCUT2D eigenvalue weighted by Gasteiger charge is -2.27. The normalized spacial score (nSPS) is 11.8. The number of fused-ring (bicyclic) bond motifs is 4. The smallest absolute Gasteiger partial charge is 0.256 e. The van der Waals surface area contributed by atoms with Crippen LogP contribution < -0.4 is 0 Å². The number of aromatic nitrogens is 3. The van der Waals surface area contributed by atoms with Crippen LogP contribution in [0.5, 0.6) is 0 Å². The number of amides is 1. The van der Waals surface area contributed by atoms with Crippen LogP contribution >= 0.6 is 0 Å². The van der Waals surface area contributed by atoms with E-state index in [2.05, 4.69) is 26.0 Å².